The molecule has 0 saturated heterocycles. The molecule has 1 atom stereocenters. The molecule has 2 aromatic carbocycles. The van der Waals surface area contributed by atoms with Gasteiger partial charge in [0.1, 0.15) is 12.4 Å². The molecule has 0 unspecified atom stereocenters. The molecular formula is C21H18ClNO4. The van der Waals surface area contributed by atoms with Crippen LogP contribution in [0, 0.1) is 0 Å². The number of benzene rings is 2. The summed E-state index contributed by atoms with van der Waals surface area (Å²) in [5, 5.41) is 3.45. The standard InChI is InChI=1S/C21H18ClNO4/c22-16-6-9-18-14(11-16)10-15(12-26-18)21(25)27-19(13-4-2-1-3-5-13)20(24)23-17-7-8-17/h1-6,9-11,17,19H,7-8,12H2,(H,23,24)/t19-/m1/s1. The van der Waals surface area contributed by atoms with Crippen molar-refractivity contribution in [1.82, 2.24) is 5.32 Å². The maximum Gasteiger partial charge on any atom is 0.338 e. The van der Waals surface area contributed by atoms with Crippen molar-refractivity contribution in [3.63, 3.8) is 0 Å². The first-order valence-electron chi connectivity index (χ1n) is 8.79. The monoisotopic (exact) mass is 383 g/mol. The minimum atomic E-state index is -0.999. The lowest BCUT2D eigenvalue weighted by Crippen LogP contribution is -2.34. The van der Waals surface area contributed by atoms with Crippen molar-refractivity contribution >= 4 is 29.6 Å². The second-order valence-electron chi connectivity index (χ2n) is 6.62. The molecule has 1 aliphatic carbocycles. The molecule has 6 heteroatoms. The van der Waals surface area contributed by atoms with Gasteiger partial charge in [-0.25, -0.2) is 4.79 Å². The van der Waals surface area contributed by atoms with Gasteiger partial charge in [-0.1, -0.05) is 41.9 Å². The maximum absolute atomic E-state index is 12.7. The van der Waals surface area contributed by atoms with Crippen LogP contribution < -0.4 is 10.1 Å². The Labute approximate surface area is 161 Å². The van der Waals surface area contributed by atoms with E-state index in [9.17, 15) is 9.59 Å². The molecule has 1 N–H and O–H groups in total. The molecule has 1 amide bonds. The first-order valence-corrected chi connectivity index (χ1v) is 9.17. The normalized spacial score (nSPS) is 16.4. The lowest BCUT2D eigenvalue weighted by Gasteiger charge is -2.21. The van der Waals surface area contributed by atoms with Gasteiger partial charge in [0.25, 0.3) is 5.91 Å². The Bertz CT molecular complexity index is 906. The van der Waals surface area contributed by atoms with Crippen LogP contribution in [-0.2, 0) is 14.3 Å². The molecule has 5 nitrogen and oxygen atoms in total. The van der Waals surface area contributed by atoms with Crippen LogP contribution in [0.3, 0.4) is 0 Å². The predicted molar refractivity (Wildman–Crippen MR) is 101 cm³/mol. The van der Waals surface area contributed by atoms with Crippen LogP contribution in [0.2, 0.25) is 5.02 Å². The van der Waals surface area contributed by atoms with E-state index in [1.807, 2.05) is 18.2 Å². The van der Waals surface area contributed by atoms with E-state index in [-0.39, 0.29) is 18.6 Å². The Morgan fingerprint density at radius 1 is 1.15 bits per heavy atom. The molecule has 4 rings (SSSR count). The number of hydrogen-bond acceptors (Lipinski definition) is 4. The Hall–Kier alpha value is -2.79. The molecule has 1 aliphatic heterocycles. The molecule has 1 saturated carbocycles. The second-order valence-corrected chi connectivity index (χ2v) is 7.06. The van der Waals surface area contributed by atoms with Crippen molar-refractivity contribution in [2.45, 2.75) is 25.0 Å². The Kier molecular flexibility index (Phi) is 4.86. The fraction of sp³-hybridized carbons (Fsp3) is 0.238. The highest BCUT2D eigenvalue weighted by molar-refractivity contribution is 6.30. The minimum absolute atomic E-state index is 0.0826. The van der Waals surface area contributed by atoms with Gasteiger partial charge in [0, 0.05) is 22.2 Å². The van der Waals surface area contributed by atoms with Gasteiger partial charge in [-0.15, -0.1) is 0 Å². The van der Waals surface area contributed by atoms with Crippen LogP contribution in [0.25, 0.3) is 6.08 Å². The fourth-order valence-corrected chi connectivity index (χ4v) is 3.03. The molecule has 2 aliphatic rings. The van der Waals surface area contributed by atoms with Crippen LogP contribution in [0.15, 0.2) is 54.1 Å². The summed E-state index contributed by atoms with van der Waals surface area (Å²) in [5.74, 6) is -0.236. The van der Waals surface area contributed by atoms with E-state index in [1.54, 1.807) is 36.4 Å². The van der Waals surface area contributed by atoms with Crippen molar-refractivity contribution in [3.05, 3.63) is 70.3 Å². The van der Waals surface area contributed by atoms with Gasteiger partial charge in [0.05, 0.1) is 5.57 Å². The number of rotatable bonds is 5. The number of halogens is 1. The number of nitrogens with one attached hydrogen (secondary N) is 1. The molecule has 0 radical (unpaired) electrons. The summed E-state index contributed by atoms with van der Waals surface area (Å²) in [7, 11) is 0. The van der Waals surface area contributed by atoms with E-state index in [2.05, 4.69) is 5.32 Å². The van der Waals surface area contributed by atoms with Crippen LogP contribution >= 0.6 is 11.6 Å². The third-order valence-electron chi connectivity index (χ3n) is 4.44. The first-order chi connectivity index (χ1) is 13.1. The summed E-state index contributed by atoms with van der Waals surface area (Å²) >= 11 is 6.01. The number of esters is 1. The van der Waals surface area contributed by atoms with Gasteiger partial charge in [0.2, 0.25) is 6.10 Å². The first kappa shape index (κ1) is 17.6. The van der Waals surface area contributed by atoms with Crippen LogP contribution in [-0.4, -0.2) is 24.5 Å². The summed E-state index contributed by atoms with van der Waals surface area (Å²) in [6.07, 6.45) is 2.60. The van der Waals surface area contributed by atoms with E-state index >= 15 is 0 Å². The summed E-state index contributed by atoms with van der Waals surface area (Å²) in [6.45, 7) is 0.0826. The minimum Gasteiger partial charge on any atom is -0.488 e. The van der Waals surface area contributed by atoms with Crippen LogP contribution in [0.1, 0.15) is 30.1 Å². The molecule has 0 aromatic heterocycles. The predicted octanol–water partition coefficient (Wildman–Crippen LogP) is 3.68. The van der Waals surface area contributed by atoms with Gasteiger partial charge in [-0.3, -0.25) is 4.79 Å². The largest absolute Gasteiger partial charge is 0.488 e. The van der Waals surface area contributed by atoms with Gasteiger partial charge in [-0.2, -0.15) is 0 Å². The van der Waals surface area contributed by atoms with Gasteiger partial charge < -0.3 is 14.8 Å². The van der Waals surface area contributed by atoms with Crippen molar-refractivity contribution in [1.29, 1.82) is 0 Å². The number of hydrogen-bond donors (Lipinski definition) is 1. The summed E-state index contributed by atoms with van der Waals surface area (Å²) in [4.78, 5) is 25.3. The summed E-state index contributed by atoms with van der Waals surface area (Å²) < 4.78 is 11.2. The molecule has 1 heterocycles. The zero-order valence-corrected chi connectivity index (χ0v) is 15.2. The quantitative estimate of drug-likeness (QED) is 0.800. The molecule has 138 valence electrons. The van der Waals surface area contributed by atoms with Crippen molar-refractivity contribution in [2.75, 3.05) is 6.61 Å². The average Bonchev–Trinajstić information content (AvgIpc) is 3.49. The Morgan fingerprint density at radius 3 is 2.67 bits per heavy atom. The van der Waals surface area contributed by atoms with Crippen LogP contribution in [0.4, 0.5) is 0 Å². The van der Waals surface area contributed by atoms with Crippen molar-refractivity contribution < 1.29 is 19.1 Å². The van der Waals surface area contributed by atoms with E-state index < -0.39 is 12.1 Å². The Balaban J connectivity index is 1.55. The topological polar surface area (TPSA) is 64.6 Å². The van der Waals surface area contributed by atoms with Gasteiger partial charge >= 0.3 is 5.97 Å². The van der Waals surface area contributed by atoms with E-state index in [1.165, 1.54) is 0 Å². The molecule has 2 aromatic rings. The highest BCUT2D eigenvalue weighted by atomic mass is 35.5. The second kappa shape index (κ2) is 7.45. The zero-order valence-electron chi connectivity index (χ0n) is 14.5. The zero-order chi connectivity index (χ0) is 18.8. The molecular weight excluding hydrogens is 366 g/mol. The molecule has 1 fully saturated rings. The molecule has 0 bridgehead atoms. The number of carbonyl (C=O) groups is 2. The average molecular weight is 384 g/mol. The van der Waals surface area contributed by atoms with E-state index in [4.69, 9.17) is 21.1 Å². The van der Waals surface area contributed by atoms with Crippen LogP contribution in [0.5, 0.6) is 5.75 Å². The van der Waals surface area contributed by atoms with Crippen molar-refractivity contribution in [2.24, 2.45) is 0 Å². The highest BCUT2D eigenvalue weighted by Gasteiger charge is 2.32. The smallest absolute Gasteiger partial charge is 0.338 e. The molecule has 27 heavy (non-hydrogen) atoms. The number of amides is 1. The van der Waals surface area contributed by atoms with E-state index in [0.717, 1.165) is 12.8 Å². The van der Waals surface area contributed by atoms with Crippen molar-refractivity contribution in [3.8, 4) is 5.75 Å². The molecule has 0 spiro atoms. The summed E-state index contributed by atoms with van der Waals surface area (Å²) in [5.41, 5.74) is 1.68. The third kappa shape index (κ3) is 4.14. The fourth-order valence-electron chi connectivity index (χ4n) is 2.85. The number of fused-ring (bicyclic) bond motifs is 1. The number of ether oxygens (including phenoxy) is 2. The van der Waals surface area contributed by atoms with Gasteiger partial charge in [-0.05, 0) is 37.1 Å². The summed E-state index contributed by atoms with van der Waals surface area (Å²) in [6, 6.07) is 14.4. The Morgan fingerprint density at radius 2 is 1.93 bits per heavy atom. The third-order valence-corrected chi connectivity index (χ3v) is 4.67. The SMILES string of the molecule is O=C(O[C@@H](C(=O)NC1CC1)c1ccccc1)C1=Cc2cc(Cl)ccc2OC1. The lowest BCUT2D eigenvalue weighted by molar-refractivity contribution is -0.153. The number of carbonyl (C=O) groups excluding carboxylic acids is 2. The van der Waals surface area contributed by atoms with Gasteiger partial charge in [0.15, 0.2) is 0 Å². The lowest BCUT2D eigenvalue weighted by atomic mass is 10.1. The highest BCUT2D eigenvalue weighted by Crippen LogP contribution is 2.30. The van der Waals surface area contributed by atoms with E-state index in [0.29, 0.717) is 27.5 Å². The maximum atomic E-state index is 12.7.